The van der Waals surface area contributed by atoms with Crippen molar-refractivity contribution < 1.29 is 14.7 Å². The second kappa shape index (κ2) is 12.2. The lowest BCUT2D eigenvalue weighted by molar-refractivity contribution is -0.145. The van der Waals surface area contributed by atoms with Gasteiger partial charge in [0, 0.05) is 6.42 Å². The van der Waals surface area contributed by atoms with Gasteiger partial charge in [0.1, 0.15) is 11.4 Å². The molecule has 0 bridgehead atoms. The number of hydrogen-bond donors (Lipinski definition) is 1. The van der Waals surface area contributed by atoms with Gasteiger partial charge in [-0.3, -0.25) is 9.59 Å². The molecule has 0 spiro atoms. The summed E-state index contributed by atoms with van der Waals surface area (Å²) in [5.41, 5.74) is 1.18. The first-order valence-corrected chi connectivity index (χ1v) is 8.85. The zero-order chi connectivity index (χ0) is 20.2. The molecule has 0 amide bonds. The molecule has 26 heavy (non-hydrogen) atoms. The van der Waals surface area contributed by atoms with Gasteiger partial charge >= 0.3 is 0 Å². The van der Waals surface area contributed by atoms with Gasteiger partial charge in [0.15, 0.2) is 5.78 Å². The van der Waals surface area contributed by atoms with Crippen LogP contribution in [0.15, 0.2) is 60.7 Å². The number of aliphatic hydroxyl groups is 1. The molecule has 0 saturated heterocycles. The molecule has 0 aliphatic carbocycles. The molecule has 1 N–H and O–H groups in total. The van der Waals surface area contributed by atoms with Crippen LogP contribution >= 0.6 is 0 Å². The largest absolute Gasteiger partial charge is 0.381 e. The van der Waals surface area contributed by atoms with E-state index in [4.69, 9.17) is 0 Å². The van der Waals surface area contributed by atoms with Gasteiger partial charge in [-0.1, -0.05) is 85.6 Å². The van der Waals surface area contributed by atoms with Crippen molar-refractivity contribution in [3.63, 3.8) is 0 Å². The number of Topliss-reactive ketones (excluding diaryl/α,β-unsaturated/α-hetero) is 2. The Morgan fingerprint density at radius 2 is 1.19 bits per heavy atom. The van der Waals surface area contributed by atoms with Gasteiger partial charge in [0.05, 0.1) is 0 Å². The van der Waals surface area contributed by atoms with Crippen LogP contribution in [0, 0.1) is 19.8 Å². The van der Waals surface area contributed by atoms with Crippen molar-refractivity contribution in [3.8, 4) is 0 Å². The number of rotatable bonds is 4. The van der Waals surface area contributed by atoms with Crippen LogP contribution in [0.1, 0.15) is 45.2 Å². The molecular formula is C23H32O3. The SMILES string of the molecule is CC(=O)CC(O)(C(C)=O)C(C)C.Cc1ccccc1.Cc1ccccc1. The minimum Gasteiger partial charge on any atom is -0.381 e. The summed E-state index contributed by atoms with van der Waals surface area (Å²) in [6, 6.07) is 20.5. The quantitative estimate of drug-likeness (QED) is 0.845. The predicted molar refractivity (Wildman–Crippen MR) is 108 cm³/mol. The summed E-state index contributed by atoms with van der Waals surface area (Å²) in [6.07, 6.45) is -0.0833. The van der Waals surface area contributed by atoms with Crippen LogP contribution in [0.2, 0.25) is 0 Å². The molecule has 2 rings (SSSR count). The molecule has 142 valence electrons. The standard InChI is InChI=1S/C9H16O3.2C7H8/c1-6(2)9(12,8(4)11)5-7(3)10;2*1-7-5-3-2-4-6-7/h6,12H,5H2,1-4H3;2*2-6H,1H3. The maximum atomic E-state index is 11.0. The Morgan fingerprint density at radius 1 is 0.846 bits per heavy atom. The highest BCUT2D eigenvalue weighted by Gasteiger charge is 2.37. The lowest BCUT2D eigenvalue weighted by Crippen LogP contribution is -2.43. The van der Waals surface area contributed by atoms with E-state index in [0.717, 1.165) is 0 Å². The Kier molecular flexibility index (Phi) is 11.1. The van der Waals surface area contributed by atoms with Gasteiger partial charge in [-0.25, -0.2) is 0 Å². The van der Waals surface area contributed by atoms with Crippen molar-refractivity contribution in [1.29, 1.82) is 0 Å². The van der Waals surface area contributed by atoms with Crippen LogP contribution in [0.3, 0.4) is 0 Å². The molecule has 2 aromatic carbocycles. The second-order valence-electron chi connectivity index (χ2n) is 6.82. The summed E-state index contributed by atoms with van der Waals surface area (Å²) in [5.74, 6) is -0.729. The van der Waals surface area contributed by atoms with Crippen LogP contribution < -0.4 is 0 Å². The maximum Gasteiger partial charge on any atom is 0.161 e. The van der Waals surface area contributed by atoms with E-state index in [1.54, 1.807) is 13.8 Å². The fraction of sp³-hybridized carbons (Fsp3) is 0.391. The van der Waals surface area contributed by atoms with Gasteiger partial charge in [-0.05, 0) is 33.6 Å². The van der Waals surface area contributed by atoms with E-state index in [9.17, 15) is 14.7 Å². The third kappa shape index (κ3) is 9.90. The molecule has 0 heterocycles. The molecule has 0 fully saturated rings. The maximum absolute atomic E-state index is 11.0. The minimum absolute atomic E-state index is 0.0833. The van der Waals surface area contributed by atoms with Gasteiger partial charge in [0.25, 0.3) is 0 Å². The zero-order valence-electron chi connectivity index (χ0n) is 16.8. The first-order chi connectivity index (χ1) is 12.1. The van der Waals surface area contributed by atoms with E-state index in [-0.39, 0.29) is 23.9 Å². The Morgan fingerprint density at radius 3 is 1.31 bits per heavy atom. The Balaban J connectivity index is 0.000000381. The molecule has 3 nitrogen and oxygen atoms in total. The molecule has 2 aromatic rings. The third-order valence-electron chi connectivity index (χ3n) is 3.96. The number of aryl methyl sites for hydroxylation is 2. The average molecular weight is 357 g/mol. The number of hydrogen-bond acceptors (Lipinski definition) is 3. The van der Waals surface area contributed by atoms with E-state index in [1.165, 1.54) is 25.0 Å². The summed E-state index contributed by atoms with van der Waals surface area (Å²) in [5, 5.41) is 9.77. The summed E-state index contributed by atoms with van der Waals surface area (Å²) in [6.45, 7) is 10.3. The Hall–Kier alpha value is -2.26. The van der Waals surface area contributed by atoms with Crippen molar-refractivity contribution in [3.05, 3.63) is 71.8 Å². The first kappa shape index (κ1) is 23.7. The average Bonchev–Trinajstić information content (AvgIpc) is 2.56. The fourth-order valence-corrected chi connectivity index (χ4v) is 2.18. The van der Waals surface area contributed by atoms with E-state index in [1.807, 2.05) is 36.4 Å². The van der Waals surface area contributed by atoms with Gasteiger partial charge in [-0.2, -0.15) is 0 Å². The van der Waals surface area contributed by atoms with E-state index < -0.39 is 5.60 Å². The van der Waals surface area contributed by atoms with Crippen LogP contribution in [0.25, 0.3) is 0 Å². The van der Waals surface area contributed by atoms with Crippen LogP contribution in [-0.2, 0) is 9.59 Å². The predicted octanol–water partition coefficient (Wildman–Crippen LogP) is 4.93. The second-order valence-corrected chi connectivity index (χ2v) is 6.82. The summed E-state index contributed by atoms with van der Waals surface area (Å²) >= 11 is 0. The van der Waals surface area contributed by atoms with Crippen LogP contribution in [0.4, 0.5) is 0 Å². The van der Waals surface area contributed by atoms with Crippen molar-refractivity contribution in [2.45, 2.75) is 53.6 Å². The lowest BCUT2D eigenvalue weighted by atomic mass is 9.83. The normalized spacial score (nSPS) is 12.0. The third-order valence-corrected chi connectivity index (χ3v) is 3.96. The molecule has 0 radical (unpaired) electrons. The molecule has 0 aliphatic heterocycles. The van der Waals surface area contributed by atoms with E-state index in [2.05, 4.69) is 38.1 Å². The summed E-state index contributed by atoms with van der Waals surface area (Å²) < 4.78 is 0. The van der Waals surface area contributed by atoms with E-state index in [0.29, 0.717) is 0 Å². The van der Waals surface area contributed by atoms with Crippen molar-refractivity contribution >= 4 is 11.6 Å². The lowest BCUT2D eigenvalue weighted by Gasteiger charge is -2.28. The van der Waals surface area contributed by atoms with Crippen LogP contribution in [0.5, 0.6) is 0 Å². The highest BCUT2D eigenvalue weighted by Crippen LogP contribution is 2.22. The molecule has 0 aromatic heterocycles. The monoisotopic (exact) mass is 356 g/mol. The number of carbonyl (C=O) groups excluding carboxylic acids is 2. The van der Waals surface area contributed by atoms with Gasteiger partial charge in [-0.15, -0.1) is 0 Å². The molecule has 0 aliphatic rings. The molecule has 3 heteroatoms. The smallest absolute Gasteiger partial charge is 0.161 e. The van der Waals surface area contributed by atoms with Crippen molar-refractivity contribution in [1.82, 2.24) is 0 Å². The fourth-order valence-electron chi connectivity index (χ4n) is 2.18. The topological polar surface area (TPSA) is 54.4 Å². The van der Waals surface area contributed by atoms with Gasteiger partial charge in [0.2, 0.25) is 0 Å². The number of benzene rings is 2. The van der Waals surface area contributed by atoms with Gasteiger partial charge < -0.3 is 5.11 Å². The first-order valence-electron chi connectivity index (χ1n) is 8.85. The number of ketones is 2. The number of carbonyl (C=O) groups is 2. The zero-order valence-corrected chi connectivity index (χ0v) is 16.8. The molecule has 0 saturated carbocycles. The van der Waals surface area contributed by atoms with E-state index >= 15 is 0 Å². The molecule has 1 unspecified atom stereocenters. The summed E-state index contributed by atoms with van der Waals surface area (Å²) in [4.78, 5) is 21.8. The summed E-state index contributed by atoms with van der Waals surface area (Å²) in [7, 11) is 0. The van der Waals surface area contributed by atoms with Crippen molar-refractivity contribution in [2.75, 3.05) is 0 Å². The molecular weight excluding hydrogens is 324 g/mol. The Bertz CT molecular complexity index is 610. The highest BCUT2D eigenvalue weighted by molar-refractivity contribution is 5.91. The minimum atomic E-state index is -1.47. The van der Waals surface area contributed by atoms with Crippen molar-refractivity contribution in [2.24, 2.45) is 5.92 Å². The van der Waals surface area contributed by atoms with Crippen LogP contribution in [-0.4, -0.2) is 22.3 Å². The molecule has 1 atom stereocenters. The highest BCUT2D eigenvalue weighted by atomic mass is 16.3. The Labute approximate surface area is 158 Å².